The van der Waals surface area contributed by atoms with Crippen LogP contribution in [-0.4, -0.2) is 27.4 Å². The van der Waals surface area contributed by atoms with E-state index in [1.807, 2.05) is 6.07 Å². The molecule has 21 heavy (non-hydrogen) atoms. The minimum atomic E-state index is -3.71. The first-order chi connectivity index (χ1) is 10.00. The van der Waals surface area contributed by atoms with Gasteiger partial charge in [0.25, 0.3) is 0 Å². The maximum atomic E-state index is 12.0. The second-order valence-electron chi connectivity index (χ2n) is 5.06. The lowest BCUT2D eigenvalue weighted by Gasteiger charge is -2.21. The van der Waals surface area contributed by atoms with Gasteiger partial charge in [-0.2, -0.15) is 5.26 Å². The summed E-state index contributed by atoms with van der Waals surface area (Å²) in [7, 11) is -3.71. The highest BCUT2D eigenvalue weighted by Gasteiger charge is 2.24. The summed E-state index contributed by atoms with van der Waals surface area (Å²) in [4.78, 5) is 11.9. The molecule has 2 N–H and O–H groups in total. The number of carbonyl (C=O) groups is 1. The summed E-state index contributed by atoms with van der Waals surface area (Å²) in [5, 5.41) is 11.8. The van der Waals surface area contributed by atoms with Crippen LogP contribution < -0.4 is 10.0 Å². The molecule has 1 aromatic carbocycles. The average molecular weight is 307 g/mol. The number of nitrogens with zero attached hydrogens (tertiary/aromatic N) is 1. The lowest BCUT2D eigenvalue weighted by atomic mass is 9.98. The number of amides is 1. The third-order valence-corrected chi connectivity index (χ3v) is 4.63. The Morgan fingerprint density at radius 2 is 1.90 bits per heavy atom. The Labute approximate surface area is 124 Å². The Bertz CT molecular complexity index is 641. The predicted octanol–water partition coefficient (Wildman–Crippen LogP) is 0.504. The lowest BCUT2D eigenvalue weighted by Crippen LogP contribution is -2.41. The van der Waals surface area contributed by atoms with E-state index >= 15 is 0 Å². The Hall–Kier alpha value is -1.91. The summed E-state index contributed by atoms with van der Waals surface area (Å²) >= 11 is 0. The highest BCUT2D eigenvalue weighted by atomic mass is 32.2. The molecule has 1 amide bonds. The third kappa shape index (κ3) is 4.55. The molecule has 0 atom stereocenters. The van der Waals surface area contributed by atoms with Gasteiger partial charge in [-0.25, -0.2) is 8.42 Å². The van der Waals surface area contributed by atoms with Crippen molar-refractivity contribution in [3.63, 3.8) is 0 Å². The summed E-state index contributed by atoms with van der Waals surface area (Å²) in [6.45, 7) is 1.46. The Morgan fingerprint density at radius 1 is 1.29 bits per heavy atom. The molecule has 1 aromatic rings. The largest absolute Gasteiger partial charge is 0.317 e. The van der Waals surface area contributed by atoms with Crippen molar-refractivity contribution in [3.05, 3.63) is 35.4 Å². The van der Waals surface area contributed by atoms with Crippen LogP contribution in [-0.2, 0) is 20.6 Å². The molecule has 1 heterocycles. The maximum absolute atomic E-state index is 12.0. The summed E-state index contributed by atoms with van der Waals surface area (Å²) in [6.07, 6.45) is 1.30. The van der Waals surface area contributed by atoms with Crippen molar-refractivity contribution in [1.29, 1.82) is 5.26 Å². The zero-order valence-corrected chi connectivity index (χ0v) is 12.3. The standard InChI is InChI=1S/C14H17N3O3S/c15-9-11-1-3-12(4-2-11)10-21(19,20)17-14(18)13-5-7-16-8-6-13/h1-4,13,16H,5-8,10H2,(H,17,18). The first-order valence-corrected chi connectivity index (χ1v) is 8.39. The lowest BCUT2D eigenvalue weighted by molar-refractivity contribution is -0.123. The van der Waals surface area contributed by atoms with E-state index in [0.717, 1.165) is 13.1 Å². The first kappa shape index (κ1) is 15.5. The van der Waals surface area contributed by atoms with E-state index in [-0.39, 0.29) is 11.7 Å². The summed E-state index contributed by atoms with van der Waals surface area (Å²) in [5.74, 6) is -0.942. The number of sulfonamides is 1. The van der Waals surface area contributed by atoms with E-state index in [1.165, 1.54) is 0 Å². The van der Waals surface area contributed by atoms with Crippen molar-refractivity contribution in [2.24, 2.45) is 5.92 Å². The Balaban J connectivity index is 1.97. The van der Waals surface area contributed by atoms with Gasteiger partial charge in [-0.1, -0.05) is 12.1 Å². The van der Waals surface area contributed by atoms with E-state index in [0.29, 0.717) is 24.0 Å². The van der Waals surface area contributed by atoms with Gasteiger partial charge in [-0.15, -0.1) is 0 Å². The van der Waals surface area contributed by atoms with Gasteiger partial charge in [-0.3, -0.25) is 9.52 Å². The van der Waals surface area contributed by atoms with Crippen LogP contribution in [0.15, 0.2) is 24.3 Å². The van der Waals surface area contributed by atoms with Crippen molar-refractivity contribution in [1.82, 2.24) is 10.0 Å². The Kier molecular flexibility index (Phi) is 4.94. The van der Waals surface area contributed by atoms with Crippen molar-refractivity contribution in [2.75, 3.05) is 13.1 Å². The predicted molar refractivity (Wildman–Crippen MR) is 77.5 cm³/mol. The van der Waals surface area contributed by atoms with Crippen LogP contribution in [0.5, 0.6) is 0 Å². The molecule has 112 valence electrons. The van der Waals surface area contributed by atoms with Gasteiger partial charge in [0.15, 0.2) is 0 Å². The topological polar surface area (TPSA) is 99.1 Å². The second kappa shape index (κ2) is 6.70. The van der Waals surface area contributed by atoms with Gasteiger partial charge in [0.1, 0.15) is 0 Å². The summed E-state index contributed by atoms with van der Waals surface area (Å²) < 4.78 is 26.1. The molecule has 7 heteroatoms. The molecule has 0 spiro atoms. The fraction of sp³-hybridized carbons (Fsp3) is 0.429. The van der Waals surface area contributed by atoms with E-state index in [2.05, 4.69) is 10.0 Å². The van der Waals surface area contributed by atoms with Crippen molar-refractivity contribution >= 4 is 15.9 Å². The normalized spacial score (nSPS) is 16.1. The number of piperidine rings is 1. The SMILES string of the molecule is N#Cc1ccc(CS(=O)(=O)NC(=O)C2CCNCC2)cc1. The molecule has 0 bridgehead atoms. The molecule has 2 rings (SSSR count). The number of rotatable bonds is 4. The molecular formula is C14H17N3O3S. The third-order valence-electron chi connectivity index (χ3n) is 3.41. The van der Waals surface area contributed by atoms with Gasteiger partial charge < -0.3 is 5.32 Å². The fourth-order valence-electron chi connectivity index (χ4n) is 2.25. The number of nitrogens with one attached hydrogen (secondary N) is 2. The molecule has 6 nitrogen and oxygen atoms in total. The summed E-state index contributed by atoms with van der Waals surface area (Å²) in [6, 6.07) is 8.23. The molecule has 1 aliphatic heterocycles. The minimum Gasteiger partial charge on any atom is -0.317 e. The molecular weight excluding hydrogens is 290 g/mol. The van der Waals surface area contributed by atoms with Crippen LogP contribution in [0.3, 0.4) is 0 Å². The van der Waals surface area contributed by atoms with Crippen LogP contribution in [0.25, 0.3) is 0 Å². The van der Waals surface area contributed by atoms with Gasteiger partial charge in [-0.05, 0) is 43.6 Å². The van der Waals surface area contributed by atoms with Gasteiger partial charge in [0, 0.05) is 5.92 Å². The molecule has 0 unspecified atom stereocenters. The number of hydrogen-bond acceptors (Lipinski definition) is 5. The van der Waals surface area contributed by atoms with Crippen LogP contribution in [0, 0.1) is 17.2 Å². The number of hydrogen-bond donors (Lipinski definition) is 2. The molecule has 1 aliphatic rings. The van der Waals surface area contributed by atoms with E-state index < -0.39 is 15.9 Å². The average Bonchev–Trinajstić information content (AvgIpc) is 2.48. The molecule has 0 saturated carbocycles. The van der Waals surface area contributed by atoms with Gasteiger partial charge >= 0.3 is 0 Å². The highest BCUT2D eigenvalue weighted by molar-refractivity contribution is 7.89. The first-order valence-electron chi connectivity index (χ1n) is 6.74. The fourth-order valence-corrected chi connectivity index (χ4v) is 3.43. The highest BCUT2D eigenvalue weighted by Crippen LogP contribution is 2.13. The van der Waals surface area contributed by atoms with Crippen molar-refractivity contribution in [2.45, 2.75) is 18.6 Å². The van der Waals surface area contributed by atoms with E-state index in [4.69, 9.17) is 5.26 Å². The maximum Gasteiger partial charge on any atom is 0.239 e. The second-order valence-corrected chi connectivity index (χ2v) is 6.78. The Morgan fingerprint density at radius 3 is 2.48 bits per heavy atom. The molecule has 0 radical (unpaired) electrons. The molecule has 1 fully saturated rings. The molecule has 0 aliphatic carbocycles. The number of nitriles is 1. The van der Waals surface area contributed by atoms with E-state index in [9.17, 15) is 13.2 Å². The van der Waals surface area contributed by atoms with Crippen LogP contribution >= 0.6 is 0 Å². The molecule has 1 saturated heterocycles. The molecule has 0 aromatic heterocycles. The quantitative estimate of drug-likeness (QED) is 0.844. The minimum absolute atomic E-state index is 0.248. The zero-order valence-electron chi connectivity index (χ0n) is 11.5. The number of benzene rings is 1. The summed E-state index contributed by atoms with van der Waals surface area (Å²) in [5.41, 5.74) is 1.01. The van der Waals surface area contributed by atoms with Gasteiger partial charge in [0.05, 0.1) is 17.4 Å². The van der Waals surface area contributed by atoms with E-state index in [1.54, 1.807) is 24.3 Å². The van der Waals surface area contributed by atoms with Crippen molar-refractivity contribution < 1.29 is 13.2 Å². The monoisotopic (exact) mass is 307 g/mol. The zero-order chi connectivity index (χ0) is 15.3. The van der Waals surface area contributed by atoms with Gasteiger partial charge in [0.2, 0.25) is 15.9 Å². The number of carbonyl (C=O) groups excluding carboxylic acids is 1. The van der Waals surface area contributed by atoms with Crippen LogP contribution in [0.1, 0.15) is 24.0 Å². The smallest absolute Gasteiger partial charge is 0.239 e. The van der Waals surface area contributed by atoms with Crippen molar-refractivity contribution in [3.8, 4) is 6.07 Å². The van der Waals surface area contributed by atoms with Crippen LogP contribution in [0.2, 0.25) is 0 Å². The van der Waals surface area contributed by atoms with Crippen LogP contribution in [0.4, 0.5) is 0 Å².